The zero-order valence-corrected chi connectivity index (χ0v) is 19.5. The molecule has 0 aliphatic carbocycles. The van der Waals surface area contributed by atoms with Crippen LogP contribution in [0, 0.1) is 0 Å². The van der Waals surface area contributed by atoms with Crippen molar-refractivity contribution in [3.05, 3.63) is 83.7 Å². The number of likely N-dealkylation sites (tertiary alicyclic amines) is 1. The van der Waals surface area contributed by atoms with Crippen LogP contribution in [0.5, 0.6) is 0 Å². The van der Waals surface area contributed by atoms with Gasteiger partial charge in [-0.3, -0.25) is 14.3 Å². The van der Waals surface area contributed by atoms with Gasteiger partial charge in [-0.25, -0.2) is 4.79 Å². The second kappa shape index (κ2) is 9.25. The van der Waals surface area contributed by atoms with Crippen molar-refractivity contribution in [1.82, 2.24) is 19.6 Å². The van der Waals surface area contributed by atoms with Crippen molar-refractivity contribution in [1.29, 1.82) is 0 Å². The Morgan fingerprint density at radius 3 is 2.60 bits per heavy atom. The molecule has 0 radical (unpaired) electrons. The molecule has 2 aliphatic rings. The maximum Gasteiger partial charge on any atom is 0.410 e. The number of aryl methyl sites for hydroxylation is 1. The number of para-hydroxylation sites is 1. The molecule has 9 heteroatoms. The Labute approximate surface area is 203 Å². The highest BCUT2D eigenvalue weighted by atomic mass is 16.6. The molecule has 1 atom stereocenters. The van der Waals surface area contributed by atoms with E-state index < -0.39 is 5.60 Å². The fourth-order valence-corrected chi connectivity index (χ4v) is 4.68. The summed E-state index contributed by atoms with van der Waals surface area (Å²) in [5, 5.41) is 6.91. The van der Waals surface area contributed by atoms with Gasteiger partial charge in [-0.15, -0.1) is 0 Å². The summed E-state index contributed by atoms with van der Waals surface area (Å²) in [6.07, 6.45) is 2.67. The fraction of sp³-hybridized carbons (Fsp3) is 0.308. The van der Waals surface area contributed by atoms with Gasteiger partial charge in [-0.05, 0) is 30.2 Å². The van der Waals surface area contributed by atoms with Crippen LogP contribution in [-0.4, -0.2) is 69.3 Å². The van der Waals surface area contributed by atoms with E-state index in [1.807, 2.05) is 30.3 Å². The van der Waals surface area contributed by atoms with E-state index >= 15 is 0 Å². The van der Waals surface area contributed by atoms with Crippen LogP contribution in [0.2, 0.25) is 0 Å². The average Bonchev–Trinajstić information content (AvgIpc) is 3.57. The Kier molecular flexibility index (Phi) is 5.98. The van der Waals surface area contributed by atoms with E-state index in [0.29, 0.717) is 43.9 Å². The Hall–Kier alpha value is -4.14. The van der Waals surface area contributed by atoms with Gasteiger partial charge in [0, 0.05) is 32.8 Å². The van der Waals surface area contributed by atoms with Crippen LogP contribution in [0.4, 0.5) is 10.5 Å². The third-order valence-electron chi connectivity index (χ3n) is 6.51. The first kappa shape index (κ1) is 22.6. The van der Waals surface area contributed by atoms with Crippen LogP contribution in [0.15, 0.2) is 66.9 Å². The second-order valence-electron chi connectivity index (χ2n) is 9.06. The van der Waals surface area contributed by atoms with Gasteiger partial charge in [-0.2, -0.15) is 5.10 Å². The van der Waals surface area contributed by atoms with Crippen molar-refractivity contribution in [3.8, 4) is 0 Å². The predicted molar refractivity (Wildman–Crippen MR) is 129 cm³/mol. The van der Waals surface area contributed by atoms with Gasteiger partial charge in [0.25, 0.3) is 11.8 Å². The summed E-state index contributed by atoms with van der Waals surface area (Å²) in [4.78, 5) is 42.0. The van der Waals surface area contributed by atoms with Crippen molar-refractivity contribution in [2.75, 3.05) is 31.5 Å². The Balaban J connectivity index is 1.24. The molecule has 3 amide bonds. The number of benzene rings is 2. The van der Waals surface area contributed by atoms with E-state index in [-0.39, 0.29) is 23.6 Å². The van der Waals surface area contributed by atoms with Crippen molar-refractivity contribution < 1.29 is 19.1 Å². The van der Waals surface area contributed by atoms with E-state index in [2.05, 4.69) is 10.4 Å². The molecular weight excluding hydrogens is 446 g/mol. The first-order valence-corrected chi connectivity index (χ1v) is 11.6. The SMILES string of the molecule is Cn1ccc(C(=O)Nc2ccccc2C(=O)N2CCC3(CN(CCc4ccccc4)C(=O)O3)C2)n1. The summed E-state index contributed by atoms with van der Waals surface area (Å²) in [7, 11) is 1.73. The Bertz CT molecular complexity index is 1260. The lowest BCUT2D eigenvalue weighted by molar-refractivity contribution is 0.0553. The summed E-state index contributed by atoms with van der Waals surface area (Å²) < 4.78 is 7.34. The number of amides is 3. The van der Waals surface area contributed by atoms with E-state index in [1.54, 1.807) is 58.1 Å². The highest BCUT2D eigenvalue weighted by molar-refractivity contribution is 6.08. The maximum atomic E-state index is 13.4. The zero-order valence-electron chi connectivity index (χ0n) is 19.5. The average molecular weight is 474 g/mol. The lowest BCUT2D eigenvalue weighted by Gasteiger charge is -2.23. The van der Waals surface area contributed by atoms with Crippen molar-refractivity contribution in [2.24, 2.45) is 7.05 Å². The molecule has 0 bridgehead atoms. The molecule has 35 heavy (non-hydrogen) atoms. The van der Waals surface area contributed by atoms with Gasteiger partial charge in [0.1, 0.15) is 0 Å². The van der Waals surface area contributed by atoms with Gasteiger partial charge in [-0.1, -0.05) is 42.5 Å². The van der Waals surface area contributed by atoms with E-state index in [9.17, 15) is 14.4 Å². The number of nitrogens with one attached hydrogen (secondary N) is 1. The fourth-order valence-electron chi connectivity index (χ4n) is 4.68. The number of carbonyl (C=O) groups is 3. The van der Waals surface area contributed by atoms with E-state index in [1.165, 1.54) is 0 Å². The van der Waals surface area contributed by atoms with Crippen molar-refractivity contribution in [2.45, 2.75) is 18.4 Å². The number of carbonyl (C=O) groups excluding carboxylic acids is 3. The summed E-state index contributed by atoms with van der Waals surface area (Å²) in [5.74, 6) is -0.597. The summed E-state index contributed by atoms with van der Waals surface area (Å²) >= 11 is 0. The van der Waals surface area contributed by atoms with Crippen LogP contribution in [0.25, 0.3) is 0 Å². The summed E-state index contributed by atoms with van der Waals surface area (Å²) in [6, 6.07) is 18.5. The van der Waals surface area contributed by atoms with Gasteiger partial charge in [0.2, 0.25) is 0 Å². The molecule has 3 aromatic rings. The largest absolute Gasteiger partial charge is 0.439 e. The molecule has 1 unspecified atom stereocenters. The minimum absolute atomic E-state index is 0.211. The van der Waals surface area contributed by atoms with Gasteiger partial charge in [0.05, 0.1) is 24.3 Å². The van der Waals surface area contributed by atoms with Crippen LogP contribution in [0.3, 0.4) is 0 Å². The molecule has 5 rings (SSSR count). The minimum atomic E-state index is -0.699. The van der Waals surface area contributed by atoms with Crippen LogP contribution < -0.4 is 5.32 Å². The lowest BCUT2D eigenvalue weighted by atomic mass is 10.0. The molecule has 0 saturated carbocycles. The third-order valence-corrected chi connectivity index (χ3v) is 6.51. The molecule has 1 spiro atoms. The number of aromatic nitrogens is 2. The molecular formula is C26H27N5O4. The maximum absolute atomic E-state index is 13.4. The van der Waals surface area contributed by atoms with Crippen molar-refractivity contribution in [3.63, 3.8) is 0 Å². The normalized spacial score (nSPS) is 19.3. The first-order chi connectivity index (χ1) is 16.9. The monoisotopic (exact) mass is 473 g/mol. The van der Waals surface area contributed by atoms with Crippen LogP contribution in [0.1, 0.15) is 32.8 Å². The topological polar surface area (TPSA) is 96.8 Å². The number of hydrogen-bond donors (Lipinski definition) is 1. The number of nitrogens with zero attached hydrogens (tertiary/aromatic N) is 4. The molecule has 2 aromatic carbocycles. The molecule has 1 aromatic heterocycles. The number of hydrogen-bond acceptors (Lipinski definition) is 5. The predicted octanol–water partition coefficient (Wildman–Crippen LogP) is 2.95. The first-order valence-electron chi connectivity index (χ1n) is 11.6. The highest BCUT2D eigenvalue weighted by Crippen LogP contribution is 2.34. The molecule has 9 nitrogen and oxygen atoms in total. The quantitative estimate of drug-likeness (QED) is 0.594. The van der Waals surface area contributed by atoms with E-state index in [0.717, 1.165) is 12.0 Å². The number of ether oxygens (including phenoxy) is 1. The van der Waals surface area contributed by atoms with Crippen LogP contribution >= 0.6 is 0 Å². The highest BCUT2D eigenvalue weighted by Gasteiger charge is 2.50. The third kappa shape index (κ3) is 4.75. The minimum Gasteiger partial charge on any atom is -0.439 e. The smallest absolute Gasteiger partial charge is 0.410 e. The molecule has 2 fully saturated rings. The summed E-state index contributed by atoms with van der Waals surface area (Å²) in [5.41, 5.74) is 1.54. The molecule has 180 valence electrons. The van der Waals surface area contributed by atoms with Crippen molar-refractivity contribution >= 4 is 23.6 Å². The number of anilines is 1. The molecule has 3 heterocycles. The standard InChI is InChI=1S/C26H27N5O4/c1-29-14-12-22(28-29)23(32)27-21-10-6-5-9-20(21)24(33)30-16-13-26(17-30)18-31(25(34)35-26)15-11-19-7-3-2-4-8-19/h2-10,12,14H,11,13,15-18H2,1H3,(H,27,32). The number of rotatable bonds is 6. The molecule has 2 saturated heterocycles. The Morgan fingerprint density at radius 2 is 1.83 bits per heavy atom. The van der Waals surface area contributed by atoms with Gasteiger partial charge < -0.3 is 19.9 Å². The Morgan fingerprint density at radius 1 is 1.06 bits per heavy atom. The zero-order chi connectivity index (χ0) is 24.4. The second-order valence-corrected chi connectivity index (χ2v) is 9.06. The summed E-state index contributed by atoms with van der Waals surface area (Å²) in [6.45, 7) is 1.82. The molecule has 2 aliphatic heterocycles. The van der Waals surface area contributed by atoms with Gasteiger partial charge in [0.15, 0.2) is 11.3 Å². The molecule has 1 N–H and O–H groups in total. The van der Waals surface area contributed by atoms with Gasteiger partial charge >= 0.3 is 6.09 Å². The van der Waals surface area contributed by atoms with Crippen LogP contribution in [-0.2, 0) is 18.2 Å². The lowest BCUT2D eigenvalue weighted by Crippen LogP contribution is -2.40. The van der Waals surface area contributed by atoms with E-state index in [4.69, 9.17) is 4.74 Å².